The second-order valence-electron chi connectivity index (χ2n) is 6.36. The molecule has 0 atom stereocenters. The average Bonchev–Trinajstić information content (AvgIpc) is 2.88. The van der Waals surface area contributed by atoms with Crippen LogP contribution in [0, 0.1) is 6.92 Å². The molecule has 0 aliphatic heterocycles. The Kier molecular flexibility index (Phi) is 3.60. The molecule has 2 aromatic carbocycles. The lowest BCUT2D eigenvalue weighted by atomic mass is 9.80. The van der Waals surface area contributed by atoms with Gasteiger partial charge in [-0.15, -0.1) is 0 Å². The number of furan rings is 1. The van der Waals surface area contributed by atoms with Gasteiger partial charge in [-0.25, -0.2) is 9.74 Å². The summed E-state index contributed by atoms with van der Waals surface area (Å²) in [6.07, 6.45) is 3.86. The maximum atomic E-state index is 12.3. The molecule has 0 amide bonds. The number of hydrogen-bond donors (Lipinski definition) is 0. The van der Waals surface area contributed by atoms with Gasteiger partial charge in [0.15, 0.2) is 0 Å². The van der Waals surface area contributed by atoms with Crippen LogP contribution in [-0.2, 0) is 4.94 Å². The van der Waals surface area contributed by atoms with Crippen LogP contribution in [0.15, 0.2) is 46.9 Å². The van der Waals surface area contributed by atoms with Crippen molar-refractivity contribution in [2.24, 2.45) is 0 Å². The number of fused-ring (bicyclic) bond motifs is 1. The summed E-state index contributed by atoms with van der Waals surface area (Å²) >= 11 is 0. The first-order chi connectivity index (χ1) is 11.7. The van der Waals surface area contributed by atoms with Crippen LogP contribution in [-0.4, -0.2) is 5.97 Å². The molecule has 4 heteroatoms. The van der Waals surface area contributed by atoms with Gasteiger partial charge in [0.1, 0.15) is 16.9 Å². The van der Waals surface area contributed by atoms with Gasteiger partial charge in [-0.2, -0.15) is 0 Å². The fraction of sp³-hybridized carbons (Fsp3) is 0.250. The highest BCUT2D eigenvalue weighted by Crippen LogP contribution is 2.37. The fourth-order valence-electron chi connectivity index (χ4n) is 3.38. The van der Waals surface area contributed by atoms with Crippen molar-refractivity contribution in [2.45, 2.75) is 32.1 Å². The van der Waals surface area contributed by atoms with Crippen LogP contribution in [0.3, 0.4) is 0 Å². The molecule has 24 heavy (non-hydrogen) atoms. The molecule has 0 bridgehead atoms. The van der Waals surface area contributed by atoms with Crippen molar-refractivity contribution in [1.82, 2.24) is 0 Å². The first-order valence-electron chi connectivity index (χ1n) is 8.14. The number of hydrogen-bond acceptors (Lipinski definition) is 3. The van der Waals surface area contributed by atoms with Crippen molar-refractivity contribution in [2.75, 3.05) is 0 Å². The molecule has 0 radical (unpaired) electrons. The first-order valence-corrected chi connectivity index (χ1v) is 8.14. The van der Waals surface area contributed by atoms with E-state index in [0.717, 1.165) is 11.1 Å². The highest BCUT2D eigenvalue weighted by atomic mass is 19.3. The van der Waals surface area contributed by atoms with Gasteiger partial charge in [0, 0.05) is 9.91 Å². The van der Waals surface area contributed by atoms with Crippen molar-refractivity contribution in [3.63, 3.8) is 0 Å². The molecular weight excluding hydrogens is 307 g/mol. The van der Waals surface area contributed by atoms with Gasteiger partial charge < -0.3 is 4.42 Å². The van der Waals surface area contributed by atoms with Gasteiger partial charge in [-0.05, 0) is 54.5 Å². The lowest BCUT2D eigenvalue weighted by Crippen LogP contribution is -2.08. The number of carbonyl (C=O) groups is 1. The Labute approximate surface area is 138 Å². The van der Waals surface area contributed by atoms with E-state index in [2.05, 4.69) is 29.2 Å². The predicted octanol–water partition coefficient (Wildman–Crippen LogP) is 5.72. The molecule has 1 aliphatic carbocycles. The summed E-state index contributed by atoms with van der Waals surface area (Å²) in [5.74, 6) is 0.0258. The molecule has 3 nitrogen and oxygen atoms in total. The fourth-order valence-corrected chi connectivity index (χ4v) is 3.38. The van der Waals surface area contributed by atoms with Crippen LogP contribution in [0.5, 0.6) is 0 Å². The Morgan fingerprint density at radius 3 is 2.46 bits per heavy atom. The van der Waals surface area contributed by atoms with E-state index in [-0.39, 0.29) is 5.56 Å². The monoisotopic (exact) mass is 324 g/mol. The second kappa shape index (κ2) is 5.78. The first kappa shape index (κ1) is 14.9. The molecule has 1 aromatic heterocycles. The molecule has 1 heterocycles. The SMILES string of the molecule is Cc1oc2ccc(-c3ccc(C4CCC4)cc3)cc2c1C(=O)OF. The molecule has 1 saturated carbocycles. The average molecular weight is 324 g/mol. The normalized spacial score (nSPS) is 14.6. The zero-order valence-electron chi connectivity index (χ0n) is 13.3. The van der Waals surface area contributed by atoms with Crippen molar-refractivity contribution in [1.29, 1.82) is 0 Å². The minimum Gasteiger partial charge on any atom is -0.460 e. The minimum absolute atomic E-state index is 0.139. The molecule has 0 unspecified atom stereocenters. The smallest absolute Gasteiger partial charge is 0.383 e. The van der Waals surface area contributed by atoms with E-state index >= 15 is 0 Å². The standard InChI is InChI=1S/C20H17FO3/c1-12-19(20(22)24-21)17-11-16(9-10-18(17)23-12)15-7-5-14(6-8-15)13-3-2-4-13/h5-11,13H,2-4H2,1H3. The largest absolute Gasteiger partial charge is 0.460 e. The molecule has 1 aliphatic rings. The summed E-state index contributed by atoms with van der Waals surface area (Å²) in [6.45, 7) is 1.62. The van der Waals surface area contributed by atoms with Gasteiger partial charge in [-0.1, -0.05) is 36.8 Å². The van der Waals surface area contributed by atoms with Gasteiger partial charge in [0.2, 0.25) is 0 Å². The van der Waals surface area contributed by atoms with Crippen molar-refractivity contribution in [3.05, 3.63) is 59.4 Å². The maximum absolute atomic E-state index is 12.3. The van der Waals surface area contributed by atoms with E-state index in [1.807, 2.05) is 12.1 Å². The molecule has 0 saturated heterocycles. The molecule has 0 spiro atoms. The van der Waals surface area contributed by atoms with E-state index in [1.54, 1.807) is 13.0 Å². The molecule has 122 valence electrons. The highest BCUT2D eigenvalue weighted by molar-refractivity contribution is 6.05. The Morgan fingerprint density at radius 2 is 1.83 bits per heavy atom. The molecule has 4 rings (SSSR count). The Hall–Kier alpha value is -2.62. The maximum Gasteiger partial charge on any atom is 0.383 e. The summed E-state index contributed by atoms with van der Waals surface area (Å²) < 4.78 is 17.9. The Morgan fingerprint density at radius 1 is 1.12 bits per heavy atom. The number of rotatable bonds is 3. The van der Waals surface area contributed by atoms with Crippen molar-refractivity contribution >= 4 is 16.9 Å². The van der Waals surface area contributed by atoms with Gasteiger partial charge in [0.25, 0.3) is 0 Å². The quantitative estimate of drug-likeness (QED) is 0.619. The summed E-state index contributed by atoms with van der Waals surface area (Å²) in [5, 5.41) is 0.565. The molecule has 0 N–H and O–H groups in total. The molecular formula is C20H17FO3. The third-order valence-corrected chi connectivity index (χ3v) is 4.96. The van der Waals surface area contributed by atoms with Crippen LogP contribution >= 0.6 is 0 Å². The summed E-state index contributed by atoms with van der Waals surface area (Å²) in [7, 11) is 0. The van der Waals surface area contributed by atoms with Crippen molar-refractivity contribution in [3.8, 4) is 11.1 Å². The minimum atomic E-state index is -1.02. The second-order valence-corrected chi connectivity index (χ2v) is 6.36. The van der Waals surface area contributed by atoms with Crippen molar-refractivity contribution < 1.29 is 18.7 Å². The van der Waals surface area contributed by atoms with E-state index < -0.39 is 5.97 Å². The number of halogens is 1. The Balaban J connectivity index is 1.75. The third-order valence-electron chi connectivity index (χ3n) is 4.96. The summed E-state index contributed by atoms with van der Waals surface area (Å²) in [6, 6.07) is 14.1. The summed E-state index contributed by atoms with van der Waals surface area (Å²) in [5.41, 5.74) is 4.07. The van der Waals surface area contributed by atoms with Crippen LogP contribution < -0.4 is 0 Å². The van der Waals surface area contributed by atoms with Crippen LogP contribution in [0.4, 0.5) is 4.53 Å². The number of carbonyl (C=O) groups excluding carboxylic acids is 1. The number of aryl methyl sites for hydroxylation is 1. The number of benzene rings is 2. The predicted molar refractivity (Wildman–Crippen MR) is 89.5 cm³/mol. The third kappa shape index (κ3) is 2.39. The highest BCUT2D eigenvalue weighted by Gasteiger charge is 2.21. The van der Waals surface area contributed by atoms with Crippen LogP contribution in [0.25, 0.3) is 22.1 Å². The zero-order valence-corrected chi connectivity index (χ0v) is 13.3. The molecule has 3 aromatic rings. The van der Waals surface area contributed by atoms with E-state index in [9.17, 15) is 9.32 Å². The Bertz CT molecular complexity index is 905. The zero-order chi connectivity index (χ0) is 16.7. The van der Waals surface area contributed by atoms with Crippen LogP contribution in [0.1, 0.15) is 46.9 Å². The lowest BCUT2D eigenvalue weighted by molar-refractivity contribution is -0.0787. The summed E-state index contributed by atoms with van der Waals surface area (Å²) in [4.78, 5) is 15.1. The topological polar surface area (TPSA) is 39.4 Å². The lowest BCUT2D eigenvalue weighted by Gasteiger charge is -2.25. The van der Waals surface area contributed by atoms with E-state index in [4.69, 9.17) is 4.42 Å². The van der Waals surface area contributed by atoms with Crippen LogP contribution in [0.2, 0.25) is 0 Å². The van der Waals surface area contributed by atoms with E-state index in [0.29, 0.717) is 22.6 Å². The van der Waals surface area contributed by atoms with Gasteiger partial charge >= 0.3 is 5.97 Å². The van der Waals surface area contributed by atoms with Gasteiger partial charge in [-0.3, -0.25) is 0 Å². The van der Waals surface area contributed by atoms with Gasteiger partial charge in [0.05, 0.1) is 0 Å². The van der Waals surface area contributed by atoms with E-state index in [1.165, 1.54) is 24.8 Å². The molecule has 1 fully saturated rings.